The number of benzene rings is 1. The van der Waals surface area contributed by atoms with Crippen molar-refractivity contribution in [3.63, 3.8) is 0 Å². The molecule has 0 spiro atoms. The lowest BCUT2D eigenvalue weighted by atomic mass is 10.1. The maximum atomic E-state index is 12.2. The minimum Gasteiger partial charge on any atom is -0.368 e. The van der Waals surface area contributed by atoms with E-state index >= 15 is 0 Å². The lowest BCUT2D eigenvalue weighted by molar-refractivity contribution is -0.128. The Labute approximate surface area is 144 Å². The van der Waals surface area contributed by atoms with E-state index in [9.17, 15) is 4.79 Å². The van der Waals surface area contributed by atoms with Crippen LogP contribution in [0, 0.1) is 0 Å². The number of hydrogen-bond acceptors (Lipinski definition) is 4. The molecule has 2 heterocycles. The molecule has 5 heteroatoms. The van der Waals surface area contributed by atoms with Crippen LogP contribution < -0.4 is 10.6 Å². The highest BCUT2D eigenvalue weighted by Crippen LogP contribution is 2.24. The number of nitrogens with one attached hydrogen (secondary N) is 2. The first-order valence-electron chi connectivity index (χ1n) is 9.21. The highest BCUT2D eigenvalue weighted by atomic mass is 16.5. The monoisotopic (exact) mass is 331 g/mol. The van der Waals surface area contributed by atoms with E-state index in [4.69, 9.17) is 4.74 Å². The number of amides is 1. The molecule has 2 N–H and O–H groups in total. The number of carbonyl (C=O) groups excluding carboxylic acids is 1. The number of piperidine rings is 1. The van der Waals surface area contributed by atoms with Crippen LogP contribution in [0.5, 0.6) is 0 Å². The first kappa shape index (κ1) is 17.4. The molecule has 2 aliphatic heterocycles. The molecule has 1 atom stereocenters. The number of ether oxygens (including phenoxy) is 1. The Balaban J connectivity index is 1.48. The molecule has 0 aliphatic carbocycles. The van der Waals surface area contributed by atoms with Gasteiger partial charge in [-0.15, -0.1) is 0 Å². The van der Waals surface area contributed by atoms with Crippen LogP contribution in [0.4, 0.5) is 0 Å². The van der Waals surface area contributed by atoms with Gasteiger partial charge in [0.2, 0.25) is 5.91 Å². The van der Waals surface area contributed by atoms with Crippen molar-refractivity contribution in [1.29, 1.82) is 0 Å². The number of likely N-dealkylation sites (tertiary alicyclic amines) is 1. The van der Waals surface area contributed by atoms with Crippen molar-refractivity contribution in [2.45, 2.75) is 37.8 Å². The van der Waals surface area contributed by atoms with Crippen molar-refractivity contribution in [1.82, 2.24) is 15.5 Å². The van der Waals surface area contributed by atoms with Gasteiger partial charge in [-0.1, -0.05) is 30.3 Å². The zero-order valence-corrected chi connectivity index (χ0v) is 14.4. The number of rotatable bonds is 7. The summed E-state index contributed by atoms with van der Waals surface area (Å²) in [6.07, 6.45) is 4.70. The molecule has 1 unspecified atom stereocenters. The Hall–Kier alpha value is -1.43. The summed E-state index contributed by atoms with van der Waals surface area (Å²) >= 11 is 0. The van der Waals surface area contributed by atoms with Crippen LogP contribution in [0.2, 0.25) is 0 Å². The van der Waals surface area contributed by atoms with Crippen LogP contribution >= 0.6 is 0 Å². The van der Waals surface area contributed by atoms with Crippen molar-refractivity contribution in [2.24, 2.45) is 0 Å². The molecule has 3 rings (SSSR count). The zero-order chi connectivity index (χ0) is 16.6. The molecule has 1 aromatic carbocycles. The lowest BCUT2D eigenvalue weighted by Gasteiger charge is -2.28. The van der Waals surface area contributed by atoms with Crippen LogP contribution in [0.25, 0.3) is 0 Å². The normalized spacial score (nSPS) is 20.8. The van der Waals surface area contributed by atoms with Gasteiger partial charge in [-0.3, -0.25) is 9.69 Å². The van der Waals surface area contributed by atoms with Gasteiger partial charge in [0, 0.05) is 6.54 Å². The van der Waals surface area contributed by atoms with E-state index in [-0.39, 0.29) is 24.7 Å². The van der Waals surface area contributed by atoms with Crippen LogP contribution in [-0.2, 0) is 9.53 Å². The second kappa shape index (κ2) is 9.16. The minimum atomic E-state index is -0.00587. The van der Waals surface area contributed by atoms with E-state index in [0.717, 1.165) is 39.0 Å². The smallest absolute Gasteiger partial charge is 0.246 e. The summed E-state index contributed by atoms with van der Waals surface area (Å²) in [4.78, 5) is 14.6. The molecular formula is C19H29N3O2. The largest absolute Gasteiger partial charge is 0.368 e. The van der Waals surface area contributed by atoms with E-state index in [0.29, 0.717) is 6.54 Å². The average Bonchev–Trinajstić information content (AvgIpc) is 3.16. The van der Waals surface area contributed by atoms with E-state index in [1.54, 1.807) is 0 Å². The molecule has 0 radical (unpaired) electrons. The van der Waals surface area contributed by atoms with Crippen molar-refractivity contribution in [3.05, 3.63) is 35.9 Å². The maximum Gasteiger partial charge on any atom is 0.246 e. The third-order valence-corrected chi connectivity index (χ3v) is 4.99. The predicted octanol–water partition coefficient (Wildman–Crippen LogP) is 1.71. The highest BCUT2D eigenvalue weighted by molar-refractivity contribution is 5.77. The summed E-state index contributed by atoms with van der Waals surface area (Å²) in [7, 11) is 0. The predicted molar refractivity (Wildman–Crippen MR) is 94.8 cm³/mol. The van der Waals surface area contributed by atoms with E-state index in [2.05, 4.69) is 39.8 Å². The first-order chi connectivity index (χ1) is 11.8. The van der Waals surface area contributed by atoms with Crippen molar-refractivity contribution >= 4 is 5.91 Å². The van der Waals surface area contributed by atoms with Gasteiger partial charge in [0.15, 0.2) is 0 Å². The van der Waals surface area contributed by atoms with Crippen molar-refractivity contribution in [3.8, 4) is 0 Å². The van der Waals surface area contributed by atoms with Crippen molar-refractivity contribution < 1.29 is 9.53 Å². The van der Waals surface area contributed by atoms with Gasteiger partial charge in [0.05, 0.1) is 12.1 Å². The van der Waals surface area contributed by atoms with Crippen molar-refractivity contribution in [2.75, 3.05) is 39.3 Å². The SMILES string of the molecule is O=C(COC1CCNCC1)NCC(c1ccccc1)N1CCCC1. The Bertz CT molecular complexity index is 497. The van der Waals surface area contributed by atoms with E-state index in [1.165, 1.54) is 18.4 Å². The van der Waals surface area contributed by atoms with Crippen LogP contribution in [0.3, 0.4) is 0 Å². The Morgan fingerprint density at radius 3 is 2.62 bits per heavy atom. The molecule has 24 heavy (non-hydrogen) atoms. The maximum absolute atomic E-state index is 12.2. The zero-order valence-electron chi connectivity index (χ0n) is 14.4. The third kappa shape index (κ3) is 5.03. The fourth-order valence-corrected chi connectivity index (χ4v) is 3.60. The number of carbonyl (C=O) groups is 1. The average molecular weight is 331 g/mol. The Kier molecular flexibility index (Phi) is 6.64. The van der Waals surface area contributed by atoms with Gasteiger partial charge in [0.25, 0.3) is 0 Å². The van der Waals surface area contributed by atoms with Gasteiger partial charge in [-0.25, -0.2) is 0 Å². The summed E-state index contributed by atoms with van der Waals surface area (Å²) < 4.78 is 5.74. The van der Waals surface area contributed by atoms with Crippen LogP contribution in [0.15, 0.2) is 30.3 Å². The molecule has 132 valence electrons. The quantitative estimate of drug-likeness (QED) is 0.799. The molecule has 1 amide bonds. The fourth-order valence-electron chi connectivity index (χ4n) is 3.60. The van der Waals surface area contributed by atoms with Crippen LogP contribution in [0.1, 0.15) is 37.3 Å². The Morgan fingerprint density at radius 2 is 1.92 bits per heavy atom. The molecular weight excluding hydrogens is 302 g/mol. The molecule has 1 aromatic rings. The molecule has 0 saturated carbocycles. The van der Waals surface area contributed by atoms with Gasteiger partial charge in [-0.2, -0.15) is 0 Å². The van der Waals surface area contributed by atoms with Gasteiger partial charge in [-0.05, 0) is 57.4 Å². The summed E-state index contributed by atoms with van der Waals surface area (Å²) in [6.45, 7) is 5.02. The van der Waals surface area contributed by atoms with Gasteiger partial charge >= 0.3 is 0 Å². The lowest BCUT2D eigenvalue weighted by Crippen LogP contribution is -2.39. The second-order valence-corrected chi connectivity index (χ2v) is 6.73. The fraction of sp³-hybridized carbons (Fsp3) is 0.632. The second-order valence-electron chi connectivity index (χ2n) is 6.73. The molecule has 2 aliphatic rings. The minimum absolute atomic E-state index is 0.00587. The van der Waals surface area contributed by atoms with Crippen LogP contribution in [-0.4, -0.2) is 56.2 Å². The van der Waals surface area contributed by atoms with Gasteiger partial charge in [0.1, 0.15) is 6.61 Å². The third-order valence-electron chi connectivity index (χ3n) is 4.99. The summed E-state index contributed by atoms with van der Waals surface area (Å²) in [5.74, 6) is -0.00587. The first-order valence-corrected chi connectivity index (χ1v) is 9.21. The summed E-state index contributed by atoms with van der Waals surface area (Å²) in [6, 6.07) is 10.7. The molecule has 0 aromatic heterocycles. The standard InChI is InChI=1S/C19H29N3O2/c23-19(15-24-17-8-10-20-11-9-17)21-14-18(22-12-4-5-13-22)16-6-2-1-3-7-16/h1-3,6-7,17-18,20H,4-5,8-15H2,(H,21,23). The molecule has 2 fully saturated rings. The Morgan fingerprint density at radius 1 is 1.21 bits per heavy atom. The van der Waals surface area contributed by atoms with E-state index < -0.39 is 0 Å². The summed E-state index contributed by atoms with van der Waals surface area (Å²) in [5.41, 5.74) is 1.28. The highest BCUT2D eigenvalue weighted by Gasteiger charge is 2.24. The molecule has 0 bridgehead atoms. The molecule has 2 saturated heterocycles. The number of nitrogens with zero attached hydrogens (tertiary/aromatic N) is 1. The number of hydrogen-bond donors (Lipinski definition) is 2. The molecule has 5 nitrogen and oxygen atoms in total. The van der Waals surface area contributed by atoms with E-state index in [1.807, 2.05) is 6.07 Å². The van der Waals surface area contributed by atoms with Gasteiger partial charge < -0.3 is 15.4 Å². The summed E-state index contributed by atoms with van der Waals surface area (Å²) in [5, 5.41) is 6.38. The topological polar surface area (TPSA) is 53.6 Å².